The van der Waals surface area contributed by atoms with Gasteiger partial charge >= 0.3 is 0 Å². The third kappa shape index (κ3) is 2.39. The number of hydrogen-bond acceptors (Lipinski definition) is 1. The van der Waals surface area contributed by atoms with Gasteiger partial charge in [-0.15, -0.1) is 0 Å². The van der Waals surface area contributed by atoms with Crippen molar-refractivity contribution in [1.29, 1.82) is 0 Å². The van der Waals surface area contributed by atoms with Gasteiger partial charge in [-0.3, -0.25) is 4.79 Å². The van der Waals surface area contributed by atoms with Crippen LogP contribution in [0.5, 0.6) is 0 Å². The van der Waals surface area contributed by atoms with Crippen molar-refractivity contribution in [2.45, 2.75) is 47.5 Å². The monoisotopic (exact) mass is 206 g/mol. The molecule has 0 spiro atoms. The highest BCUT2D eigenvalue weighted by molar-refractivity contribution is 5.98. The van der Waals surface area contributed by atoms with Crippen LogP contribution in [0, 0.1) is 11.3 Å². The van der Waals surface area contributed by atoms with Crippen LogP contribution in [-0.4, -0.2) is 5.78 Å². The minimum absolute atomic E-state index is 0.142. The SMILES string of the molecule is CC/C=C/C1=C(C)C(=O)C(C)CC1(C)C. The standard InChI is InChI=1S/C14H22O/c1-6-7-8-12-11(3)13(15)10(2)9-14(12,4)5/h7-8,10H,6,9H2,1-5H3/b8-7+. The molecule has 1 aliphatic carbocycles. The van der Waals surface area contributed by atoms with Gasteiger partial charge in [-0.05, 0) is 36.3 Å². The van der Waals surface area contributed by atoms with E-state index in [2.05, 4.69) is 32.9 Å². The summed E-state index contributed by atoms with van der Waals surface area (Å²) in [6, 6.07) is 0. The van der Waals surface area contributed by atoms with Crippen molar-refractivity contribution in [1.82, 2.24) is 0 Å². The molecule has 15 heavy (non-hydrogen) atoms. The fourth-order valence-electron chi connectivity index (χ4n) is 2.56. The lowest BCUT2D eigenvalue weighted by molar-refractivity contribution is -0.120. The summed E-state index contributed by atoms with van der Waals surface area (Å²) in [4.78, 5) is 11.9. The van der Waals surface area contributed by atoms with E-state index in [-0.39, 0.29) is 11.3 Å². The maximum Gasteiger partial charge on any atom is 0.161 e. The second-order valence-electron chi connectivity index (χ2n) is 5.20. The Kier molecular flexibility index (Phi) is 3.54. The average molecular weight is 206 g/mol. The van der Waals surface area contributed by atoms with Crippen molar-refractivity contribution in [3.05, 3.63) is 23.3 Å². The quantitative estimate of drug-likeness (QED) is 0.669. The third-order valence-corrected chi connectivity index (χ3v) is 3.29. The molecule has 1 rings (SSSR count). The topological polar surface area (TPSA) is 17.1 Å². The predicted octanol–water partition coefficient (Wildman–Crippen LogP) is 3.90. The number of hydrogen-bond donors (Lipinski definition) is 0. The normalized spacial score (nSPS) is 26.5. The molecule has 0 fully saturated rings. The Morgan fingerprint density at radius 1 is 1.47 bits per heavy atom. The van der Waals surface area contributed by atoms with Crippen LogP contribution in [-0.2, 0) is 4.79 Å². The summed E-state index contributed by atoms with van der Waals surface area (Å²) >= 11 is 0. The van der Waals surface area contributed by atoms with E-state index in [1.165, 1.54) is 5.57 Å². The minimum Gasteiger partial charge on any atom is -0.294 e. The first-order chi connectivity index (χ1) is 6.90. The van der Waals surface area contributed by atoms with Gasteiger partial charge < -0.3 is 0 Å². The smallest absolute Gasteiger partial charge is 0.161 e. The van der Waals surface area contributed by atoms with Crippen LogP contribution in [0.1, 0.15) is 47.5 Å². The maximum atomic E-state index is 11.9. The van der Waals surface area contributed by atoms with Gasteiger partial charge in [0, 0.05) is 5.92 Å². The van der Waals surface area contributed by atoms with Crippen LogP contribution in [0.3, 0.4) is 0 Å². The molecule has 0 aromatic heterocycles. The van der Waals surface area contributed by atoms with Gasteiger partial charge in [-0.25, -0.2) is 0 Å². The molecule has 1 nitrogen and oxygen atoms in total. The van der Waals surface area contributed by atoms with E-state index in [0.717, 1.165) is 18.4 Å². The second kappa shape index (κ2) is 4.34. The third-order valence-electron chi connectivity index (χ3n) is 3.29. The summed E-state index contributed by atoms with van der Waals surface area (Å²) in [5.41, 5.74) is 2.33. The zero-order valence-corrected chi connectivity index (χ0v) is 10.6. The van der Waals surface area contributed by atoms with Gasteiger partial charge in [0.05, 0.1) is 0 Å². The molecule has 0 aromatic rings. The van der Waals surface area contributed by atoms with E-state index in [4.69, 9.17) is 0 Å². The zero-order chi connectivity index (χ0) is 11.6. The van der Waals surface area contributed by atoms with E-state index in [9.17, 15) is 4.79 Å². The molecule has 0 heterocycles. The van der Waals surface area contributed by atoms with Crippen molar-refractivity contribution >= 4 is 5.78 Å². The molecule has 1 heteroatoms. The molecule has 1 unspecified atom stereocenters. The fourth-order valence-corrected chi connectivity index (χ4v) is 2.56. The van der Waals surface area contributed by atoms with Gasteiger partial charge in [0.1, 0.15) is 0 Å². The number of allylic oxidation sites excluding steroid dienone is 4. The van der Waals surface area contributed by atoms with E-state index in [1.54, 1.807) is 0 Å². The Labute approximate surface area is 93.3 Å². The molecular formula is C14H22O. The number of carbonyl (C=O) groups is 1. The molecule has 0 radical (unpaired) electrons. The Bertz CT molecular complexity index is 318. The average Bonchev–Trinajstić information content (AvgIpc) is 2.14. The first kappa shape index (κ1) is 12.2. The maximum absolute atomic E-state index is 11.9. The molecule has 0 saturated carbocycles. The molecule has 84 valence electrons. The fraction of sp³-hybridized carbons (Fsp3) is 0.643. The largest absolute Gasteiger partial charge is 0.294 e. The van der Waals surface area contributed by atoms with Crippen LogP contribution in [0.4, 0.5) is 0 Å². The first-order valence-electron chi connectivity index (χ1n) is 5.82. The first-order valence-corrected chi connectivity index (χ1v) is 5.82. The van der Waals surface area contributed by atoms with E-state index < -0.39 is 0 Å². The molecule has 0 saturated heterocycles. The summed E-state index contributed by atoms with van der Waals surface area (Å²) in [5, 5.41) is 0. The van der Waals surface area contributed by atoms with Gasteiger partial charge in [0.15, 0.2) is 5.78 Å². The van der Waals surface area contributed by atoms with E-state index >= 15 is 0 Å². The molecule has 0 amide bonds. The van der Waals surface area contributed by atoms with Crippen molar-refractivity contribution < 1.29 is 4.79 Å². The van der Waals surface area contributed by atoms with Crippen molar-refractivity contribution in [2.75, 3.05) is 0 Å². The molecule has 1 aliphatic rings. The van der Waals surface area contributed by atoms with Gasteiger partial charge in [-0.2, -0.15) is 0 Å². The summed E-state index contributed by atoms with van der Waals surface area (Å²) in [7, 11) is 0. The Morgan fingerprint density at radius 2 is 2.07 bits per heavy atom. The summed E-state index contributed by atoms with van der Waals surface area (Å²) in [5.74, 6) is 0.504. The van der Waals surface area contributed by atoms with Crippen LogP contribution in [0.15, 0.2) is 23.3 Å². The van der Waals surface area contributed by atoms with Gasteiger partial charge in [0.2, 0.25) is 0 Å². The lowest BCUT2D eigenvalue weighted by Crippen LogP contribution is -2.30. The molecule has 0 N–H and O–H groups in total. The van der Waals surface area contributed by atoms with Gasteiger partial charge in [-0.1, -0.05) is 39.8 Å². The van der Waals surface area contributed by atoms with Crippen LogP contribution < -0.4 is 0 Å². The molecule has 0 aromatic carbocycles. The van der Waals surface area contributed by atoms with Gasteiger partial charge in [0.25, 0.3) is 0 Å². The predicted molar refractivity (Wildman–Crippen MR) is 64.7 cm³/mol. The van der Waals surface area contributed by atoms with E-state index in [1.807, 2.05) is 13.8 Å². The lowest BCUT2D eigenvalue weighted by atomic mass is 9.68. The van der Waals surface area contributed by atoms with Crippen molar-refractivity contribution in [3.8, 4) is 0 Å². The van der Waals surface area contributed by atoms with Crippen molar-refractivity contribution in [3.63, 3.8) is 0 Å². The Balaban J connectivity index is 3.15. The number of Topliss-reactive ketones (excluding diaryl/α,β-unsaturated/α-hetero) is 1. The molecule has 0 bridgehead atoms. The molecule has 0 aliphatic heterocycles. The second-order valence-corrected chi connectivity index (χ2v) is 5.20. The zero-order valence-electron chi connectivity index (χ0n) is 10.6. The van der Waals surface area contributed by atoms with Crippen LogP contribution in [0.2, 0.25) is 0 Å². The summed E-state index contributed by atoms with van der Waals surface area (Å²) in [6.45, 7) is 10.6. The minimum atomic E-state index is 0.142. The lowest BCUT2D eigenvalue weighted by Gasteiger charge is -2.35. The Morgan fingerprint density at radius 3 is 2.60 bits per heavy atom. The molecular weight excluding hydrogens is 184 g/mol. The summed E-state index contributed by atoms with van der Waals surface area (Å²) in [6.07, 6.45) is 6.27. The number of ketones is 1. The number of rotatable bonds is 2. The van der Waals surface area contributed by atoms with Crippen LogP contribution in [0.25, 0.3) is 0 Å². The number of carbonyl (C=O) groups excluding carboxylic acids is 1. The van der Waals surface area contributed by atoms with Crippen molar-refractivity contribution in [2.24, 2.45) is 11.3 Å². The highest BCUT2D eigenvalue weighted by atomic mass is 16.1. The molecule has 1 atom stereocenters. The van der Waals surface area contributed by atoms with Crippen LogP contribution >= 0.6 is 0 Å². The highest BCUT2D eigenvalue weighted by Crippen LogP contribution is 2.41. The van der Waals surface area contributed by atoms with E-state index in [0.29, 0.717) is 5.78 Å². The highest BCUT2D eigenvalue weighted by Gasteiger charge is 2.35. The summed E-state index contributed by atoms with van der Waals surface area (Å²) < 4.78 is 0. The Hall–Kier alpha value is -0.850.